The number of aryl methyl sites for hydroxylation is 2. The van der Waals surface area contributed by atoms with E-state index in [1.165, 1.54) is 0 Å². The van der Waals surface area contributed by atoms with E-state index in [0.717, 1.165) is 16.9 Å². The summed E-state index contributed by atoms with van der Waals surface area (Å²) in [5, 5.41) is 9.23. The highest BCUT2D eigenvalue weighted by atomic mass is 15.2. The van der Waals surface area contributed by atoms with Crippen molar-refractivity contribution < 1.29 is 0 Å². The van der Waals surface area contributed by atoms with Gasteiger partial charge in [-0.15, -0.1) is 0 Å². The first kappa shape index (κ1) is 13.1. The third-order valence-electron chi connectivity index (χ3n) is 2.72. The van der Waals surface area contributed by atoms with Crippen LogP contribution in [0.3, 0.4) is 0 Å². The van der Waals surface area contributed by atoms with Crippen LogP contribution in [0.15, 0.2) is 18.2 Å². The van der Waals surface area contributed by atoms with Gasteiger partial charge >= 0.3 is 0 Å². The zero-order chi connectivity index (χ0) is 13.8. The van der Waals surface area contributed by atoms with E-state index in [4.69, 9.17) is 0 Å². The molecule has 0 aliphatic carbocycles. The minimum atomic E-state index is 0.536. The quantitative estimate of drug-likeness (QED) is 0.781. The average Bonchev–Trinajstić information content (AvgIpc) is 2.38. The second-order valence-corrected chi connectivity index (χ2v) is 4.18. The lowest BCUT2D eigenvalue weighted by molar-refractivity contribution is 0.984. The van der Waals surface area contributed by atoms with Crippen molar-refractivity contribution in [3.8, 4) is 0 Å². The molecule has 6 nitrogen and oxygen atoms in total. The van der Waals surface area contributed by atoms with Gasteiger partial charge in [0, 0.05) is 25.5 Å². The van der Waals surface area contributed by atoms with Crippen LogP contribution in [0.2, 0.25) is 0 Å². The molecule has 0 saturated heterocycles. The lowest BCUT2D eigenvalue weighted by atomic mass is 10.2. The molecule has 100 valence electrons. The van der Waals surface area contributed by atoms with Gasteiger partial charge < -0.3 is 16.0 Å². The molecule has 0 unspecified atom stereocenters. The van der Waals surface area contributed by atoms with Gasteiger partial charge in [0.25, 0.3) is 0 Å². The lowest BCUT2D eigenvalue weighted by Crippen LogP contribution is -2.05. The van der Waals surface area contributed by atoms with E-state index >= 15 is 0 Å². The largest absolute Gasteiger partial charge is 0.388 e. The van der Waals surface area contributed by atoms with Crippen molar-refractivity contribution in [3.63, 3.8) is 0 Å². The van der Waals surface area contributed by atoms with Crippen LogP contribution in [0.5, 0.6) is 0 Å². The molecule has 0 atom stereocenters. The Balaban J connectivity index is 2.25. The third-order valence-corrected chi connectivity index (χ3v) is 2.72. The molecule has 6 heteroatoms. The molecule has 0 aliphatic rings. The Morgan fingerprint density at radius 3 is 2.26 bits per heavy atom. The minimum Gasteiger partial charge on any atom is -0.388 e. The van der Waals surface area contributed by atoms with Gasteiger partial charge in [-0.1, -0.05) is 0 Å². The molecule has 0 bridgehead atoms. The maximum absolute atomic E-state index is 4.26. The summed E-state index contributed by atoms with van der Waals surface area (Å²) in [5.74, 6) is 1.76. The molecule has 2 rings (SSSR count). The van der Waals surface area contributed by atoms with Gasteiger partial charge in [-0.3, -0.25) is 0 Å². The zero-order valence-corrected chi connectivity index (χ0v) is 11.6. The van der Waals surface area contributed by atoms with Crippen LogP contribution in [0.4, 0.5) is 23.3 Å². The smallest absolute Gasteiger partial charge is 0.232 e. The van der Waals surface area contributed by atoms with Crippen LogP contribution in [-0.4, -0.2) is 29.0 Å². The van der Waals surface area contributed by atoms with Crippen molar-refractivity contribution in [1.82, 2.24) is 15.0 Å². The van der Waals surface area contributed by atoms with Crippen molar-refractivity contribution in [3.05, 3.63) is 29.6 Å². The fourth-order valence-corrected chi connectivity index (χ4v) is 1.80. The summed E-state index contributed by atoms with van der Waals surface area (Å²) in [6.07, 6.45) is 0. The van der Waals surface area contributed by atoms with E-state index in [-0.39, 0.29) is 0 Å². The molecule has 1 heterocycles. The molecular weight excluding hydrogens is 240 g/mol. The Morgan fingerprint density at radius 2 is 1.63 bits per heavy atom. The Labute approximate surface area is 112 Å². The van der Waals surface area contributed by atoms with Crippen LogP contribution in [0, 0.1) is 13.8 Å². The molecule has 0 amide bonds. The summed E-state index contributed by atoms with van der Waals surface area (Å²) in [6, 6.07) is 6.05. The Hall–Kier alpha value is -2.37. The zero-order valence-electron chi connectivity index (χ0n) is 11.6. The van der Waals surface area contributed by atoms with Gasteiger partial charge in [-0.25, -0.2) is 0 Å². The van der Waals surface area contributed by atoms with E-state index in [0.29, 0.717) is 17.7 Å². The van der Waals surface area contributed by atoms with Crippen molar-refractivity contribution in [1.29, 1.82) is 0 Å². The number of nitrogens with zero attached hydrogens (tertiary/aromatic N) is 3. The highest BCUT2D eigenvalue weighted by Gasteiger charge is 2.04. The Kier molecular flexibility index (Phi) is 3.79. The summed E-state index contributed by atoms with van der Waals surface area (Å²) >= 11 is 0. The highest BCUT2D eigenvalue weighted by molar-refractivity contribution is 5.62. The van der Waals surface area contributed by atoms with Gasteiger partial charge in [-0.2, -0.15) is 15.0 Å². The second-order valence-electron chi connectivity index (χ2n) is 4.18. The Morgan fingerprint density at radius 1 is 0.895 bits per heavy atom. The van der Waals surface area contributed by atoms with Crippen LogP contribution in [-0.2, 0) is 0 Å². The number of nitrogens with one attached hydrogen (secondary N) is 3. The number of benzene rings is 1. The topological polar surface area (TPSA) is 74.8 Å². The van der Waals surface area contributed by atoms with Gasteiger partial charge in [0.05, 0.1) is 0 Å². The first-order chi connectivity index (χ1) is 9.12. The van der Waals surface area contributed by atoms with E-state index in [2.05, 4.69) is 37.8 Å². The SMILES string of the molecule is CNc1nc(C)nc(Nc2ccc(NC)c(C)c2)n1. The monoisotopic (exact) mass is 258 g/mol. The molecule has 3 N–H and O–H groups in total. The lowest BCUT2D eigenvalue weighted by Gasteiger charge is -2.10. The van der Waals surface area contributed by atoms with E-state index in [1.54, 1.807) is 7.05 Å². The molecule has 0 radical (unpaired) electrons. The standard InChI is InChI=1S/C13H18N6/c1-8-7-10(5-6-11(8)14-3)18-13-17-9(2)16-12(15-4)19-13/h5-7,14H,1-4H3,(H2,15,16,17,18,19). The average molecular weight is 258 g/mol. The summed E-state index contributed by atoms with van der Waals surface area (Å²) in [5.41, 5.74) is 3.21. The number of hydrogen-bond donors (Lipinski definition) is 3. The fourth-order valence-electron chi connectivity index (χ4n) is 1.80. The Bertz CT molecular complexity index is 581. The van der Waals surface area contributed by atoms with Crippen LogP contribution < -0.4 is 16.0 Å². The maximum atomic E-state index is 4.26. The van der Waals surface area contributed by atoms with Crippen molar-refractivity contribution >= 4 is 23.3 Å². The van der Waals surface area contributed by atoms with Gasteiger partial charge in [0.15, 0.2) is 0 Å². The molecule has 1 aromatic carbocycles. The van der Waals surface area contributed by atoms with Gasteiger partial charge in [-0.05, 0) is 37.6 Å². The van der Waals surface area contributed by atoms with E-state index in [9.17, 15) is 0 Å². The summed E-state index contributed by atoms with van der Waals surface area (Å²) in [7, 11) is 3.69. The summed E-state index contributed by atoms with van der Waals surface area (Å²) in [6.45, 7) is 3.89. The van der Waals surface area contributed by atoms with Gasteiger partial charge in [0.1, 0.15) is 5.82 Å². The first-order valence-corrected chi connectivity index (χ1v) is 6.08. The second kappa shape index (κ2) is 5.51. The van der Waals surface area contributed by atoms with Crippen LogP contribution >= 0.6 is 0 Å². The van der Waals surface area contributed by atoms with Crippen LogP contribution in [0.25, 0.3) is 0 Å². The molecular formula is C13H18N6. The maximum Gasteiger partial charge on any atom is 0.232 e. The van der Waals surface area contributed by atoms with E-state index < -0.39 is 0 Å². The number of aromatic nitrogens is 3. The molecule has 0 spiro atoms. The molecule has 2 aromatic rings. The summed E-state index contributed by atoms with van der Waals surface area (Å²) < 4.78 is 0. The first-order valence-electron chi connectivity index (χ1n) is 6.08. The minimum absolute atomic E-state index is 0.536. The van der Waals surface area contributed by atoms with Crippen molar-refractivity contribution in [2.24, 2.45) is 0 Å². The third kappa shape index (κ3) is 3.09. The number of hydrogen-bond acceptors (Lipinski definition) is 6. The fraction of sp³-hybridized carbons (Fsp3) is 0.308. The molecule has 19 heavy (non-hydrogen) atoms. The number of anilines is 4. The van der Waals surface area contributed by atoms with Crippen molar-refractivity contribution in [2.75, 3.05) is 30.0 Å². The molecule has 0 saturated carbocycles. The van der Waals surface area contributed by atoms with Crippen molar-refractivity contribution in [2.45, 2.75) is 13.8 Å². The van der Waals surface area contributed by atoms with E-state index in [1.807, 2.05) is 32.2 Å². The van der Waals surface area contributed by atoms with Crippen LogP contribution in [0.1, 0.15) is 11.4 Å². The molecule has 0 fully saturated rings. The molecule has 0 aliphatic heterocycles. The number of rotatable bonds is 4. The summed E-state index contributed by atoms with van der Waals surface area (Å²) in [4.78, 5) is 12.7. The normalized spacial score (nSPS) is 10.1. The van der Waals surface area contributed by atoms with Gasteiger partial charge in [0.2, 0.25) is 11.9 Å². The molecule has 1 aromatic heterocycles. The predicted molar refractivity (Wildman–Crippen MR) is 78.1 cm³/mol. The highest BCUT2D eigenvalue weighted by Crippen LogP contribution is 2.21. The predicted octanol–water partition coefficient (Wildman–Crippen LogP) is 2.32.